The molecule has 1 aromatic heterocycles. The zero-order chi connectivity index (χ0) is 16.1. The lowest BCUT2D eigenvalue weighted by molar-refractivity contribution is 0.0917. The van der Waals surface area contributed by atoms with Crippen molar-refractivity contribution in [1.29, 1.82) is 0 Å². The summed E-state index contributed by atoms with van der Waals surface area (Å²) in [5.41, 5.74) is 1.67. The Bertz CT molecular complexity index is 652. The fourth-order valence-electron chi connectivity index (χ4n) is 2.84. The summed E-state index contributed by atoms with van der Waals surface area (Å²) >= 11 is 0. The van der Waals surface area contributed by atoms with Crippen molar-refractivity contribution in [3.05, 3.63) is 47.8 Å². The number of nitrogens with one attached hydrogen (secondary N) is 2. The van der Waals surface area contributed by atoms with Gasteiger partial charge < -0.3 is 10.6 Å². The summed E-state index contributed by atoms with van der Waals surface area (Å²) in [6, 6.07) is 10.0. The van der Waals surface area contributed by atoms with Gasteiger partial charge in [-0.1, -0.05) is 42.5 Å². The van der Waals surface area contributed by atoms with E-state index < -0.39 is 0 Å². The Balaban J connectivity index is 0.00000208. The lowest BCUT2D eigenvalue weighted by Gasteiger charge is -2.33. The van der Waals surface area contributed by atoms with Crippen LogP contribution in [0.25, 0.3) is 0 Å². The van der Waals surface area contributed by atoms with Gasteiger partial charge in [0.1, 0.15) is 0 Å². The third-order valence-corrected chi connectivity index (χ3v) is 4.45. The molecule has 2 N–H and O–H groups in total. The summed E-state index contributed by atoms with van der Waals surface area (Å²) in [6.07, 6.45) is 3.86. The van der Waals surface area contributed by atoms with E-state index in [0.29, 0.717) is 18.8 Å². The molecule has 0 spiro atoms. The van der Waals surface area contributed by atoms with Gasteiger partial charge in [-0.05, 0) is 36.9 Å². The van der Waals surface area contributed by atoms with Gasteiger partial charge in [-0.25, -0.2) is 4.68 Å². The topological polar surface area (TPSA) is 71.8 Å². The van der Waals surface area contributed by atoms with Crippen LogP contribution in [0.1, 0.15) is 35.8 Å². The van der Waals surface area contributed by atoms with Crippen molar-refractivity contribution in [2.45, 2.75) is 26.3 Å². The largest absolute Gasteiger partial charge is 0.350 e. The van der Waals surface area contributed by atoms with E-state index in [-0.39, 0.29) is 23.7 Å². The number of amides is 1. The van der Waals surface area contributed by atoms with E-state index >= 15 is 0 Å². The molecule has 1 fully saturated rings. The van der Waals surface area contributed by atoms with Gasteiger partial charge in [-0.2, -0.15) is 0 Å². The molecule has 1 aliphatic heterocycles. The molecule has 2 heterocycles. The Morgan fingerprint density at radius 2 is 2.00 bits per heavy atom. The molecule has 7 heteroatoms. The predicted molar refractivity (Wildman–Crippen MR) is 95.4 cm³/mol. The maximum Gasteiger partial charge on any atom is 0.273 e. The van der Waals surface area contributed by atoms with Gasteiger partial charge in [0, 0.05) is 6.54 Å². The van der Waals surface area contributed by atoms with Crippen molar-refractivity contribution in [3.8, 4) is 0 Å². The number of piperidine rings is 1. The quantitative estimate of drug-likeness (QED) is 0.864. The number of halogens is 1. The second-order valence-electron chi connectivity index (χ2n) is 6.53. The molecule has 24 heavy (non-hydrogen) atoms. The molecule has 2 aromatic rings. The minimum atomic E-state index is -0.149. The Morgan fingerprint density at radius 3 is 2.71 bits per heavy atom. The Labute approximate surface area is 148 Å². The third kappa shape index (κ3) is 4.79. The number of benzene rings is 1. The average molecular weight is 350 g/mol. The second kappa shape index (κ2) is 8.26. The van der Waals surface area contributed by atoms with Crippen molar-refractivity contribution >= 4 is 18.3 Å². The van der Waals surface area contributed by atoms with Crippen LogP contribution in [-0.2, 0) is 6.54 Å². The predicted octanol–water partition coefficient (Wildman–Crippen LogP) is 1.87. The summed E-state index contributed by atoms with van der Waals surface area (Å²) in [4.78, 5) is 12.3. The van der Waals surface area contributed by atoms with Gasteiger partial charge in [0.25, 0.3) is 5.91 Å². The SMILES string of the molecule is CC1(CNC(=O)c2cn(Cc3ccccc3)nn2)CCNCC1.Cl. The highest BCUT2D eigenvalue weighted by atomic mass is 35.5. The standard InChI is InChI=1S/C17H23N5O.ClH/c1-17(7-9-18-10-8-17)13-19-16(23)15-12-22(21-20-15)11-14-5-3-2-4-6-14;/h2-6,12,18H,7-11,13H2,1H3,(H,19,23);1H. The van der Waals surface area contributed by atoms with Gasteiger partial charge >= 0.3 is 0 Å². The number of hydrogen-bond donors (Lipinski definition) is 2. The molecule has 3 rings (SSSR count). The fraction of sp³-hybridized carbons (Fsp3) is 0.471. The summed E-state index contributed by atoms with van der Waals surface area (Å²) in [5.74, 6) is -0.149. The van der Waals surface area contributed by atoms with Crippen LogP contribution in [0, 0.1) is 5.41 Å². The minimum Gasteiger partial charge on any atom is -0.350 e. The number of rotatable bonds is 5. The molecular weight excluding hydrogens is 326 g/mol. The number of hydrogen-bond acceptors (Lipinski definition) is 4. The van der Waals surface area contributed by atoms with Gasteiger partial charge in [0.15, 0.2) is 5.69 Å². The molecule has 0 atom stereocenters. The molecular formula is C17H24ClN5O. The Morgan fingerprint density at radius 1 is 1.29 bits per heavy atom. The zero-order valence-electron chi connectivity index (χ0n) is 13.9. The molecule has 1 aromatic carbocycles. The highest BCUT2D eigenvalue weighted by molar-refractivity contribution is 5.91. The fourth-order valence-corrected chi connectivity index (χ4v) is 2.84. The summed E-state index contributed by atoms with van der Waals surface area (Å²) < 4.78 is 1.69. The number of aromatic nitrogens is 3. The van der Waals surface area contributed by atoms with Gasteiger partial charge in [0.2, 0.25) is 0 Å². The van der Waals surface area contributed by atoms with E-state index in [1.165, 1.54) is 0 Å². The summed E-state index contributed by atoms with van der Waals surface area (Å²) in [6.45, 7) is 5.54. The van der Waals surface area contributed by atoms with Crippen molar-refractivity contribution in [2.75, 3.05) is 19.6 Å². The van der Waals surface area contributed by atoms with E-state index in [2.05, 4.69) is 27.9 Å². The van der Waals surface area contributed by atoms with Crippen LogP contribution in [0.5, 0.6) is 0 Å². The van der Waals surface area contributed by atoms with Crippen LogP contribution in [0.2, 0.25) is 0 Å². The molecule has 0 aliphatic carbocycles. The molecule has 0 bridgehead atoms. The van der Waals surface area contributed by atoms with Crippen LogP contribution >= 0.6 is 12.4 Å². The average Bonchev–Trinajstić information content (AvgIpc) is 3.03. The lowest BCUT2D eigenvalue weighted by atomic mass is 9.81. The maximum atomic E-state index is 12.3. The Kier molecular flexibility index (Phi) is 6.34. The summed E-state index contributed by atoms with van der Waals surface area (Å²) in [5, 5.41) is 14.4. The maximum absolute atomic E-state index is 12.3. The molecule has 0 radical (unpaired) electrons. The first-order valence-corrected chi connectivity index (χ1v) is 8.08. The minimum absolute atomic E-state index is 0. The Hall–Kier alpha value is -1.92. The van der Waals surface area contributed by atoms with E-state index in [1.807, 2.05) is 30.3 Å². The van der Waals surface area contributed by atoms with Gasteiger partial charge in [0.05, 0.1) is 12.7 Å². The molecule has 130 valence electrons. The normalized spacial score (nSPS) is 16.2. The highest BCUT2D eigenvalue weighted by Crippen LogP contribution is 2.26. The number of nitrogens with zero attached hydrogens (tertiary/aromatic N) is 3. The van der Waals surface area contributed by atoms with E-state index in [1.54, 1.807) is 10.9 Å². The number of carbonyl (C=O) groups excluding carboxylic acids is 1. The summed E-state index contributed by atoms with van der Waals surface area (Å²) in [7, 11) is 0. The third-order valence-electron chi connectivity index (χ3n) is 4.45. The molecule has 0 saturated carbocycles. The first kappa shape index (κ1) is 18.4. The van der Waals surface area contributed by atoms with Crippen LogP contribution in [0.3, 0.4) is 0 Å². The lowest BCUT2D eigenvalue weighted by Crippen LogP contribution is -2.43. The van der Waals surface area contributed by atoms with Crippen molar-refractivity contribution in [3.63, 3.8) is 0 Å². The van der Waals surface area contributed by atoms with Crippen LogP contribution < -0.4 is 10.6 Å². The van der Waals surface area contributed by atoms with Crippen LogP contribution in [0.15, 0.2) is 36.5 Å². The first-order valence-electron chi connectivity index (χ1n) is 8.08. The van der Waals surface area contributed by atoms with Crippen molar-refractivity contribution in [1.82, 2.24) is 25.6 Å². The molecule has 1 amide bonds. The molecule has 1 aliphatic rings. The molecule has 0 unspecified atom stereocenters. The van der Waals surface area contributed by atoms with Crippen molar-refractivity contribution in [2.24, 2.45) is 5.41 Å². The zero-order valence-corrected chi connectivity index (χ0v) is 14.7. The van der Waals surface area contributed by atoms with Crippen LogP contribution in [0.4, 0.5) is 0 Å². The van der Waals surface area contributed by atoms with Crippen LogP contribution in [-0.4, -0.2) is 40.5 Å². The number of carbonyl (C=O) groups is 1. The molecule has 1 saturated heterocycles. The monoisotopic (exact) mass is 349 g/mol. The van der Waals surface area contributed by atoms with E-state index in [0.717, 1.165) is 31.5 Å². The smallest absolute Gasteiger partial charge is 0.273 e. The first-order chi connectivity index (χ1) is 11.1. The van der Waals surface area contributed by atoms with E-state index in [4.69, 9.17) is 0 Å². The van der Waals surface area contributed by atoms with Gasteiger partial charge in [-0.15, -0.1) is 17.5 Å². The van der Waals surface area contributed by atoms with E-state index in [9.17, 15) is 4.79 Å². The molecule has 6 nitrogen and oxygen atoms in total. The second-order valence-corrected chi connectivity index (χ2v) is 6.53. The highest BCUT2D eigenvalue weighted by Gasteiger charge is 2.27. The van der Waals surface area contributed by atoms with Gasteiger partial charge in [-0.3, -0.25) is 4.79 Å². The van der Waals surface area contributed by atoms with Crippen molar-refractivity contribution < 1.29 is 4.79 Å².